The Balaban J connectivity index is 1.63. The fraction of sp³-hybridized carbons (Fsp3) is 0.250. The second-order valence-corrected chi connectivity index (χ2v) is 8.58. The van der Waals surface area contributed by atoms with Crippen LogP contribution in [0.15, 0.2) is 65.6 Å². The Kier molecular flexibility index (Phi) is 7.16. The normalized spacial score (nSPS) is 13.6. The van der Waals surface area contributed by atoms with E-state index in [-0.39, 0.29) is 5.75 Å². The second kappa shape index (κ2) is 10.3. The van der Waals surface area contributed by atoms with E-state index in [9.17, 15) is 18.0 Å². The lowest BCUT2D eigenvalue weighted by Crippen LogP contribution is -2.19. The van der Waals surface area contributed by atoms with Crippen LogP contribution in [0.2, 0.25) is 0 Å². The van der Waals surface area contributed by atoms with Gasteiger partial charge in [0, 0.05) is 41.0 Å². The van der Waals surface area contributed by atoms with E-state index < -0.39 is 11.7 Å². The van der Waals surface area contributed by atoms with Gasteiger partial charge in [-0.05, 0) is 67.1 Å². The summed E-state index contributed by atoms with van der Waals surface area (Å²) >= 11 is 0.987. The average molecular weight is 490 g/mol. The standard InChI is InChI=1S/C24H22F3N3O3S/c1-32-23(31)34-20-6-4-5-16(13-20)21-14-18(15-22(29-21)30-11-2-3-12-30)28-17-7-9-19(10-8-17)33-24(25,26)27/h4-10,13-15H,2-3,11-12H2,1H3,(H,28,29). The van der Waals surface area contributed by atoms with Gasteiger partial charge in [0.2, 0.25) is 0 Å². The Hall–Kier alpha value is -3.40. The SMILES string of the molecule is COC(=O)Sc1cccc(-c2cc(Nc3ccc(OC(F)(F)F)cc3)cc(N3CCCC3)n2)c1. The molecule has 1 aromatic heterocycles. The van der Waals surface area contributed by atoms with Crippen molar-refractivity contribution < 1.29 is 27.4 Å². The molecule has 6 nitrogen and oxygen atoms in total. The molecule has 0 radical (unpaired) electrons. The van der Waals surface area contributed by atoms with E-state index in [2.05, 4.69) is 15.0 Å². The number of thioether (sulfide) groups is 1. The maximum absolute atomic E-state index is 12.4. The molecule has 2 aromatic carbocycles. The lowest BCUT2D eigenvalue weighted by Gasteiger charge is -2.19. The summed E-state index contributed by atoms with van der Waals surface area (Å²) in [6.07, 6.45) is -2.57. The number of methoxy groups -OCH3 is 1. The number of alkyl halides is 3. The Labute approximate surface area is 199 Å². The Morgan fingerprint density at radius 2 is 1.76 bits per heavy atom. The van der Waals surface area contributed by atoms with E-state index in [0.717, 1.165) is 59.7 Å². The van der Waals surface area contributed by atoms with Crippen molar-refractivity contribution in [1.82, 2.24) is 4.98 Å². The summed E-state index contributed by atoms with van der Waals surface area (Å²) < 4.78 is 46.0. The largest absolute Gasteiger partial charge is 0.573 e. The van der Waals surface area contributed by atoms with Crippen molar-refractivity contribution in [2.75, 3.05) is 30.4 Å². The Morgan fingerprint density at radius 1 is 1.03 bits per heavy atom. The molecule has 0 amide bonds. The predicted molar refractivity (Wildman–Crippen MR) is 126 cm³/mol. The third-order valence-electron chi connectivity index (χ3n) is 5.12. The number of hydrogen-bond acceptors (Lipinski definition) is 7. The highest BCUT2D eigenvalue weighted by Crippen LogP contribution is 2.32. The van der Waals surface area contributed by atoms with Gasteiger partial charge in [-0.3, -0.25) is 0 Å². The molecule has 4 rings (SSSR count). The number of carbonyl (C=O) groups excluding carboxylic acids is 1. The maximum Gasteiger partial charge on any atom is 0.573 e. The molecule has 1 aliphatic heterocycles. The molecule has 178 valence electrons. The molecule has 2 heterocycles. The number of benzene rings is 2. The second-order valence-electron chi connectivity index (χ2n) is 7.57. The number of anilines is 3. The number of nitrogens with zero attached hydrogens (tertiary/aromatic N) is 2. The van der Waals surface area contributed by atoms with Crippen LogP contribution in [0, 0.1) is 0 Å². The molecule has 1 N–H and O–H groups in total. The van der Waals surface area contributed by atoms with Gasteiger partial charge in [0.1, 0.15) is 11.6 Å². The first-order valence-electron chi connectivity index (χ1n) is 10.6. The first-order chi connectivity index (χ1) is 16.3. The molecule has 3 aromatic rings. The quantitative estimate of drug-likeness (QED) is 0.300. The number of carbonyl (C=O) groups is 1. The van der Waals surface area contributed by atoms with Crippen LogP contribution in [0.25, 0.3) is 11.3 Å². The molecule has 0 unspecified atom stereocenters. The van der Waals surface area contributed by atoms with Crippen LogP contribution in [0.5, 0.6) is 5.75 Å². The molecule has 1 saturated heterocycles. The first kappa shape index (κ1) is 23.7. The molecule has 1 aliphatic rings. The Bertz CT molecular complexity index is 1150. The van der Waals surface area contributed by atoms with Gasteiger partial charge < -0.3 is 19.7 Å². The van der Waals surface area contributed by atoms with E-state index >= 15 is 0 Å². The third-order valence-corrected chi connectivity index (χ3v) is 5.94. The summed E-state index contributed by atoms with van der Waals surface area (Å²) in [5, 5.41) is 2.83. The highest BCUT2D eigenvalue weighted by atomic mass is 32.2. The lowest BCUT2D eigenvalue weighted by atomic mass is 10.1. The van der Waals surface area contributed by atoms with Crippen LogP contribution in [0.4, 0.5) is 35.2 Å². The van der Waals surface area contributed by atoms with Crippen LogP contribution in [-0.4, -0.2) is 36.8 Å². The van der Waals surface area contributed by atoms with Gasteiger partial charge in [-0.2, -0.15) is 0 Å². The number of aromatic nitrogens is 1. The zero-order chi connectivity index (χ0) is 24.1. The number of nitrogens with one attached hydrogen (secondary N) is 1. The number of halogens is 3. The van der Waals surface area contributed by atoms with Crippen LogP contribution < -0.4 is 15.0 Å². The van der Waals surface area contributed by atoms with E-state index in [4.69, 9.17) is 9.72 Å². The zero-order valence-electron chi connectivity index (χ0n) is 18.3. The van der Waals surface area contributed by atoms with Crippen LogP contribution in [-0.2, 0) is 4.74 Å². The van der Waals surface area contributed by atoms with Crippen molar-refractivity contribution in [2.45, 2.75) is 24.1 Å². The van der Waals surface area contributed by atoms with Crippen molar-refractivity contribution in [3.05, 3.63) is 60.7 Å². The minimum Gasteiger partial charge on any atom is -0.461 e. The highest BCUT2D eigenvalue weighted by molar-refractivity contribution is 8.13. The number of rotatable bonds is 6. The monoisotopic (exact) mass is 489 g/mol. The van der Waals surface area contributed by atoms with Gasteiger partial charge in [-0.25, -0.2) is 9.78 Å². The van der Waals surface area contributed by atoms with Gasteiger partial charge >= 0.3 is 11.7 Å². The molecule has 0 atom stereocenters. The van der Waals surface area contributed by atoms with Gasteiger partial charge in [0.05, 0.1) is 12.8 Å². The summed E-state index contributed by atoms with van der Waals surface area (Å²) in [6, 6.07) is 16.8. The predicted octanol–water partition coefficient (Wildman–Crippen LogP) is 6.85. The van der Waals surface area contributed by atoms with Crippen molar-refractivity contribution in [2.24, 2.45) is 0 Å². The van der Waals surface area contributed by atoms with Gasteiger partial charge in [0.15, 0.2) is 0 Å². The fourth-order valence-corrected chi connectivity index (χ4v) is 4.22. The molecule has 34 heavy (non-hydrogen) atoms. The smallest absolute Gasteiger partial charge is 0.461 e. The first-order valence-corrected chi connectivity index (χ1v) is 11.4. The summed E-state index contributed by atoms with van der Waals surface area (Å²) in [7, 11) is 1.33. The minimum atomic E-state index is -4.74. The van der Waals surface area contributed by atoms with Crippen LogP contribution in [0.3, 0.4) is 0 Å². The number of pyridine rings is 1. The lowest BCUT2D eigenvalue weighted by molar-refractivity contribution is -0.274. The molecule has 0 bridgehead atoms. The summed E-state index contributed by atoms with van der Waals surface area (Å²) in [4.78, 5) is 19.4. The van der Waals surface area contributed by atoms with Gasteiger partial charge in [0.25, 0.3) is 0 Å². The highest BCUT2D eigenvalue weighted by Gasteiger charge is 2.31. The van der Waals surface area contributed by atoms with Gasteiger partial charge in [-0.1, -0.05) is 12.1 Å². The molecule has 1 fully saturated rings. The van der Waals surface area contributed by atoms with E-state index in [1.165, 1.54) is 31.4 Å². The Morgan fingerprint density at radius 3 is 2.44 bits per heavy atom. The van der Waals surface area contributed by atoms with E-state index in [1.54, 1.807) is 0 Å². The molecular weight excluding hydrogens is 467 g/mol. The van der Waals surface area contributed by atoms with Crippen molar-refractivity contribution in [3.63, 3.8) is 0 Å². The summed E-state index contributed by atoms with van der Waals surface area (Å²) in [5.41, 5.74) is 2.87. The molecule has 10 heteroatoms. The minimum absolute atomic E-state index is 0.286. The number of hydrogen-bond donors (Lipinski definition) is 1. The summed E-state index contributed by atoms with van der Waals surface area (Å²) in [6.45, 7) is 1.80. The number of ether oxygens (including phenoxy) is 2. The molecule has 0 saturated carbocycles. The van der Waals surface area contributed by atoms with E-state index in [1.807, 2.05) is 36.4 Å². The maximum atomic E-state index is 12.4. The van der Waals surface area contributed by atoms with Crippen molar-refractivity contribution >= 4 is 34.3 Å². The van der Waals surface area contributed by atoms with Crippen LogP contribution >= 0.6 is 11.8 Å². The molecular formula is C24H22F3N3O3S. The van der Waals surface area contributed by atoms with Crippen molar-refractivity contribution in [3.8, 4) is 17.0 Å². The van der Waals surface area contributed by atoms with Gasteiger partial charge in [-0.15, -0.1) is 13.2 Å². The molecule has 0 spiro atoms. The van der Waals surface area contributed by atoms with Crippen LogP contribution in [0.1, 0.15) is 12.8 Å². The van der Waals surface area contributed by atoms with Crippen molar-refractivity contribution in [1.29, 1.82) is 0 Å². The van der Waals surface area contributed by atoms with E-state index in [0.29, 0.717) is 11.4 Å². The fourth-order valence-electron chi connectivity index (χ4n) is 3.61. The summed E-state index contributed by atoms with van der Waals surface area (Å²) in [5.74, 6) is 0.520. The average Bonchev–Trinajstić information content (AvgIpc) is 3.34. The third kappa shape index (κ3) is 6.34. The zero-order valence-corrected chi connectivity index (χ0v) is 19.1. The topological polar surface area (TPSA) is 63.7 Å². The molecule has 0 aliphatic carbocycles.